The number of urea groups is 1. The Morgan fingerprint density at radius 1 is 1.00 bits per heavy atom. The molecule has 2 aliphatic rings. The van der Waals surface area contributed by atoms with Gasteiger partial charge in [-0.25, -0.2) is 9.78 Å². The molecule has 190 valence electrons. The van der Waals surface area contributed by atoms with Crippen LogP contribution in [-0.4, -0.2) is 67.3 Å². The van der Waals surface area contributed by atoms with Crippen LogP contribution in [0.1, 0.15) is 43.5 Å². The molecular formula is C25H34N10O. The molecule has 36 heavy (non-hydrogen) atoms. The van der Waals surface area contributed by atoms with Crippen LogP contribution in [0.2, 0.25) is 0 Å². The van der Waals surface area contributed by atoms with Gasteiger partial charge in [0.05, 0.1) is 5.69 Å². The lowest BCUT2D eigenvalue weighted by Gasteiger charge is -2.30. The minimum absolute atomic E-state index is 0.0631. The van der Waals surface area contributed by atoms with Gasteiger partial charge in [0.15, 0.2) is 5.82 Å². The number of likely N-dealkylation sites (tertiary alicyclic amines) is 1. The van der Waals surface area contributed by atoms with Crippen molar-refractivity contribution in [3.63, 3.8) is 0 Å². The number of hydrogen-bond acceptors (Lipinski definition) is 8. The molecule has 3 aromatic rings. The van der Waals surface area contributed by atoms with Crippen molar-refractivity contribution in [3.8, 4) is 0 Å². The Bertz CT molecular complexity index is 1130. The number of carbonyl (C=O) groups excluding carboxylic acids is 1. The third-order valence-corrected chi connectivity index (χ3v) is 6.73. The Labute approximate surface area is 210 Å². The maximum atomic E-state index is 12.6. The predicted molar refractivity (Wildman–Crippen MR) is 138 cm³/mol. The normalized spacial score (nSPS) is 22.2. The maximum Gasteiger partial charge on any atom is 0.315 e. The van der Waals surface area contributed by atoms with Gasteiger partial charge in [-0.2, -0.15) is 10.1 Å². The minimum Gasteiger partial charge on any atom is -0.351 e. The SMILES string of the molecule is Cc1cc(Nc2ccnc(NC3CCC(NC(=O)NC4CCN(Cc5ccccn5)C4)CC3)n2)n[nH]1. The number of pyridine rings is 1. The molecule has 1 atom stereocenters. The van der Waals surface area contributed by atoms with Gasteiger partial charge in [-0.05, 0) is 57.2 Å². The molecule has 2 amide bonds. The Kier molecular flexibility index (Phi) is 7.55. The van der Waals surface area contributed by atoms with Crippen molar-refractivity contribution < 1.29 is 4.79 Å². The van der Waals surface area contributed by atoms with Gasteiger partial charge < -0.3 is 21.3 Å². The monoisotopic (exact) mass is 490 g/mol. The fraction of sp³-hybridized carbons (Fsp3) is 0.480. The molecule has 1 saturated carbocycles. The molecule has 5 N–H and O–H groups in total. The zero-order valence-corrected chi connectivity index (χ0v) is 20.6. The summed E-state index contributed by atoms with van der Waals surface area (Å²) in [6.45, 7) is 4.60. The Morgan fingerprint density at radius 3 is 2.61 bits per heavy atom. The highest BCUT2D eigenvalue weighted by molar-refractivity contribution is 5.74. The van der Waals surface area contributed by atoms with Crippen LogP contribution in [0.5, 0.6) is 0 Å². The molecule has 5 rings (SSSR count). The van der Waals surface area contributed by atoms with E-state index in [1.54, 1.807) is 6.20 Å². The molecule has 1 aliphatic carbocycles. The van der Waals surface area contributed by atoms with E-state index in [-0.39, 0.29) is 24.2 Å². The van der Waals surface area contributed by atoms with E-state index in [1.807, 2.05) is 43.5 Å². The van der Waals surface area contributed by atoms with Crippen LogP contribution in [0.25, 0.3) is 0 Å². The van der Waals surface area contributed by atoms with Gasteiger partial charge >= 0.3 is 6.03 Å². The largest absolute Gasteiger partial charge is 0.351 e. The highest BCUT2D eigenvalue weighted by Crippen LogP contribution is 2.22. The van der Waals surface area contributed by atoms with Crippen LogP contribution in [-0.2, 0) is 6.54 Å². The van der Waals surface area contributed by atoms with Crippen molar-refractivity contribution in [2.24, 2.45) is 0 Å². The first-order valence-corrected chi connectivity index (χ1v) is 12.7. The van der Waals surface area contributed by atoms with E-state index < -0.39 is 0 Å². The second-order valence-corrected chi connectivity index (χ2v) is 9.68. The molecule has 0 radical (unpaired) electrons. The standard InChI is InChI=1S/C25H34N10O/c1-17-14-23(34-33-17)31-22-9-12-27-24(32-22)28-18-5-7-19(8-6-18)29-25(36)30-21-10-13-35(16-21)15-20-4-2-3-11-26-20/h2-4,9,11-12,14,18-19,21H,5-8,10,13,15-16H2,1H3,(H2,29,30,36)(H3,27,28,31,32,33,34). The summed E-state index contributed by atoms with van der Waals surface area (Å²) in [6, 6.07) is 10.3. The van der Waals surface area contributed by atoms with Crippen molar-refractivity contribution in [2.45, 2.75) is 63.7 Å². The van der Waals surface area contributed by atoms with Crippen molar-refractivity contribution >= 4 is 23.6 Å². The zero-order chi connectivity index (χ0) is 24.7. The number of aromatic nitrogens is 5. The van der Waals surface area contributed by atoms with Gasteiger partial charge in [0.1, 0.15) is 5.82 Å². The number of rotatable bonds is 8. The fourth-order valence-corrected chi connectivity index (χ4v) is 4.90. The third kappa shape index (κ3) is 6.69. The lowest BCUT2D eigenvalue weighted by atomic mass is 9.91. The number of hydrogen-bond donors (Lipinski definition) is 5. The van der Waals surface area contributed by atoms with Crippen LogP contribution < -0.4 is 21.3 Å². The first kappa shape index (κ1) is 24.0. The van der Waals surface area contributed by atoms with Crippen LogP contribution in [0.4, 0.5) is 22.4 Å². The molecule has 2 fully saturated rings. The van der Waals surface area contributed by atoms with E-state index in [2.05, 4.69) is 51.3 Å². The molecule has 11 nitrogen and oxygen atoms in total. The van der Waals surface area contributed by atoms with Crippen LogP contribution in [0, 0.1) is 6.92 Å². The van der Waals surface area contributed by atoms with Gasteiger partial charge in [0.25, 0.3) is 0 Å². The lowest BCUT2D eigenvalue weighted by Crippen LogP contribution is -2.48. The third-order valence-electron chi connectivity index (χ3n) is 6.73. The fourth-order valence-electron chi connectivity index (χ4n) is 4.90. The van der Waals surface area contributed by atoms with Crippen molar-refractivity contribution in [2.75, 3.05) is 23.7 Å². The highest BCUT2D eigenvalue weighted by atomic mass is 16.2. The average Bonchev–Trinajstić information content (AvgIpc) is 3.49. The van der Waals surface area contributed by atoms with E-state index >= 15 is 0 Å². The zero-order valence-electron chi connectivity index (χ0n) is 20.6. The van der Waals surface area contributed by atoms with E-state index in [0.717, 1.165) is 68.9 Å². The minimum atomic E-state index is -0.0631. The van der Waals surface area contributed by atoms with E-state index in [9.17, 15) is 4.79 Å². The smallest absolute Gasteiger partial charge is 0.315 e. The predicted octanol–water partition coefficient (Wildman–Crippen LogP) is 2.94. The number of aromatic amines is 1. The summed E-state index contributed by atoms with van der Waals surface area (Å²) in [7, 11) is 0. The number of amides is 2. The van der Waals surface area contributed by atoms with E-state index in [4.69, 9.17) is 0 Å². The first-order chi connectivity index (χ1) is 17.6. The average molecular weight is 491 g/mol. The summed E-state index contributed by atoms with van der Waals surface area (Å²) in [4.78, 5) is 28.2. The summed E-state index contributed by atoms with van der Waals surface area (Å²) in [5.74, 6) is 2.01. The van der Waals surface area contributed by atoms with Crippen molar-refractivity contribution in [1.82, 2.24) is 40.7 Å². The lowest BCUT2D eigenvalue weighted by molar-refractivity contribution is 0.227. The molecule has 1 unspecified atom stereocenters. The molecule has 0 spiro atoms. The van der Waals surface area contributed by atoms with Gasteiger partial charge in [0, 0.05) is 61.9 Å². The molecule has 4 heterocycles. The van der Waals surface area contributed by atoms with Gasteiger partial charge in [-0.15, -0.1) is 0 Å². The molecule has 1 saturated heterocycles. The topological polar surface area (TPSA) is 136 Å². The summed E-state index contributed by atoms with van der Waals surface area (Å²) in [6.07, 6.45) is 8.26. The van der Waals surface area contributed by atoms with E-state index in [1.165, 1.54) is 0 Å². The molecular weight excluding hydrogens is 456 g/mol. The second-order valence-electron chi connectivity index (χ2n) is 9.68. The number of aryl methyl sites for hydroxylation is 1. The summed E-state index contributed by atoms with van der Waals surface area (Å²) >= 11 is 0. The van der Waals surface area contributed by atoms with Crippen molar-refractivity contribution in [1.29, 1.82) is 0 Å². The molecule has 3 aromatic heterocycles. The summed E-state index contributed by atoms with van der Waals surface area (Å²) in [5, 5.41) is 20.0. The summed E-state index contributed by atoms with van der Waals surface area (Å²) < 4.78 is 0. The Hall–Kier alpha value is -3.73. The number of nitrogens with zero attached hydrogens (tertiary/aromatic N) is 5. The van der Waals surface area contributed by atoms with Crippen LogP contribution in [0.3, 0.4) is 0 Å². The second kappa shape index (κ2) is 11.3. The van der Waals surface area contributed by atoms with Crippen LogP contribution >= 0.6 is 0 Å². The number of nitrogens with one attached hydrogen (secondary N) is 5. The van der Waals surface area contributed by atoms with Gasteiger partial charge in [-0.1, -0.05) is 6.07 Å². The number of carbonyl (C=O) groups is 1. The van der Waals surface area contributed by atoms with Crippen molar-refractivity contribution in [3.05, 3.63) is 54.1 Å². The Balaban J connectivity index is 1.02. The molecule has 0 aromatic carbocycles. The number of H-pyrrole nitrogens is 1. The number of anilines is 3. The molecule has 1 aliphatic heterocycles. The van der Waals surface area contributed by atoms with E-state index in [0.29, 0.717) is 11.8 Å². The summed E-state index contributed by atoms with van der Waals surface area (Å²) in [5.41, 5.74) is 2.05. The quantitative estimate of drug-likeness (QED) is 0.325. The molecule has 0 bridgehead atoms. The van der Waals surface area contributed by atoms with Gasteiger partial charge in [0.2, 0.25) is 5.95 Å². The molecule has 11 heteroatoms. The van der Waals surface area contributed by atoms with Gasteiger partial charge in [-0.3, -0.25) is 15.0 Å². The Morgan fingerprint density at radius 2 is 1.83 bits per heavy atom. The van der Waals surface area contributed by atoms with Crippen LogP contribution in [0.15, 0.2) is 42.7 Å². The first-order valence-electron chi connectivity index (χ1n) is 12.7. The highest BCUT2D eigenvalue weighted by Gasteiger charge is 2.27. The maximum absolute atomic E-state index is 12.6.